The monoisotopic (exact) mass is 276 g/mol. The van der Waals surface area contributed by atoms with E-state index in [9.17, 15) is 0 Å². The summed E-state index contributed by atoms with van der Waals surface area (Å²) in [6, 6.07) is 6.74. The van der Waals surface area contributed by atoms with E-state index in [4.69, 9.17) is 5.73 Å². The molecule has 0 radical (unpaired) electrons. The van der Waals surface area contributed by atoms with Crippen LogP contribution < -0.4 is 5.73 Å². The molecule has 2 heterocycles. The van der Waals surface area contributed by atoms with E-state index < -0.39 is 0 Å². The predicted molar refractivity (Wildman–Crippen MR) is 83.7 cm³/mol. The van der Waals surface area contributed by atoms with Gasteiger partial charge in [0.05, 0.1) is 0 Å². The largest absolute Gasteiger partial charge is 0.329 e. The summed E-state index contributed by atoms with van der Waals surface area (Å²) in [6.45, 7) is 8.79. The molecule has 1 fully saturated rings. The van der Waals surface area contributed by atoms with Crippen LogP contribution in [0.3, 0.4) is 0 Å². The fourth-order valence-electron chi connectivity index (χ4n) is 2.95. The summed E-state index contributed by atoms with van der Waals surface area (Å²) in [7, 11) is 0. The lowest BCUT2D eigenvalue weighted by molar-refractivity contribution is 0.0951. The first kappa shape index (κ1) is 15.4. The zero-order chi connectivity index (χ0) is 14.2. The summed E-state index contributed by atoms with van der Waals surface area (Å²) >= 11 is 0. The van der Waals surface area contributed by atoms with Crippen molar-refractivity contribution in [2.45, 2.75) is 32.2 Å². The van der Waals surface area contributed by atoms with Crippen molar-refractivity contribution in [1.29, 1.82) is 0 Å². The van der Waals surface area contributed by atoms with Crippen LogP contribution in [-0.2, 0) is 6.42 Å². The van der Waals surface area contributed by atoms with Crippen molar-refractivity contribution >= 4 is 0 Å². The zero-order valence-electron chi connectivity index (χ0n) is 12.7. The first-order valence-electron chi connectivity index (χ1n) is 7.90. The van der Waals surface area contributed by atoms with Crippen LogP contribution in [-0.4, -0.2) is 60.1 Å². The quantitative estimate of drug-likeness (QED) is 0.817. The maximum Gasteiger partial charge on any atom is 0.0416 e. The SMILES string of the molecule is CCCC(CN)N1CCN(CCc2ccccn2)CC1. The molecular formula is C16H28N4. The molecule has 0 aromatic carbocycles. The van der Waals surface area contributed by atoms with E-state index in [2.05, 4.69) is 33.8 Å². The number of hydrogen-bond donors (Lipinski definition) is 1. The van der Waals surface area contributed by atoms with Gasteiger partial charge in [0.25, 0.3) is 0 Å². The lowest BCUT2D eigenvalue weighted by atomic mass is 10.1. The second-order valence-electron chi connectivity index (χ2n) is 5.63. The Morgan fingerprint density at radius 3 is 2.65 bits per heavy atom. The molecule has 1 saturated heterocycles. The highest BCUT2D eigenvalue weighted by Crippen LogP contribution is 2.10. The molecular weight excluding hydrogens is 248 g/mol. The molecule has 2 N–H and O–H groups in total. The van der Waals surface area contributed by atoms with Gasteiger partial charge in [-0.15, -0.1) is 0 Å². The van der Waals surface area contributed by atoms with Crippen LogP contribution >= 0.6 is 0 Å². The number of aromatic nitrogens is 1. The average Bonchev–Trinajstić information content (AvgIpc) is 2.52. The van der Waals surface area contributed by atoms with Crippen LogP contribution in [0.2, 0.25) is 0 Å². The van der Waals surface area contributed by atoms with E-state index >= 15 is 0 Å². The highest BCUT2D eigenvalue weighted by atomic mass is 15.3. The third-order valence-corrected chi connectivity index (χ3v) is 4.23. The van der Waals surface area contributed by atoms with Crippen LogP contribution in [0.1, 0.15) is 25.5 Å². The van der Waals surface area contributed by atoms with Crippen molar-refractivity contribution in [1.82, 2.24) is 14.8 Å². The summed E-state index contributed by atoms with van der Waals surface area (Å²) in [5, 5.41) is 0. The average molecular weight is 276 g/mol. The van der Waals surface area contributed by atoms with Gasteiger partial charge in [0.2, 0.25) is 0 Å². The summed E-state index contributed by atoms with van der Waals surface area (Å²) < 4.78 is 0. The Balaban J connectivity index is 1.71. The second-order valence-corrected chi connectivity index (χ2v) is 5.63. The maximum atomic E-state index is 5.90. The Morgan fingerprint density at radius 2 is 2.05 bits per heavy atom. The Bertz CT molecular complexity index is 360. The van der Waals surface area contributed by atoms with E-state index in [1.54, 1.807) is 0 Å². The molecule has 0 aliphatic carbocycles. The lowest BCUT2D eigenvalue weighted by Gasteiger charge is -2.39. The Morgan fingerprint density at radius 1 is 1.25 bits per heavy atom. The van der Waals surface area contributed by atoms with Gasteiger partial charge in [-0.1, -0.05) is 19.4 Å². The van der Waals surface area contributed by atoms with Crippen LogP contribution in [0, 0.1) is 0 Å². The third-order valence-electron chi connectivity index (χ3n) is 4.23. The number of piperazine rings is 1. The lowest BCUT2D eigenvalue weighted by Crippen LogP contribution is -2.52. The van der Waals surface area contributed by atoms with E-state index in [-0.39, 0.29) is 0 Å². The first-order valence-corrected chi connectivity index (χ1v) is 7.90. The topological polar surface area (TPSA) is 45.4 Å². The van der Waals surface area contributed by atoms with Crippen LogP contribution in [0.25, 0.3) is 0 Å². The van der Waals surface area contributed by atoms with Gasteiger partial charge in [-0.25, -0.2) is 0 Å². The number of nitrogens with zero attached hydrogens (tertiary/aromatic N) is 3. The number of nitrogens with two attached hydrogens (primary N) is 1. The molecule has 0 amide bonds. The van der Waals surface area contributed by atoms with Crippen molar-refractivity contribution in [3.8, 4) is 0 Å². The van der Waals surface area contributed by atoms with E-state index in [0.717, 1.165) is 45.7 Å². The molecule has 1 atom stereocenters. The van der Waals surface area contributed by atoms with Gasteiger partial charge in [-0.05, 0) is 18.6 Å². The molecule has 1 aromatic heterocycles. The molecule has 0 bridgehead atoms. The Labute approximate surface area is 123 Å². The molecule has 1 aliphatic heterocycles. The smallest absolute Gasteiger partial charge is 0.0416 e. The molecule has 0 spiro atoms. The molecule has 4 heteroatoms. The van der Waals surface area contributed by atoms with Crippen molar-refractivity contribution in [2.24, 2.45) is 5.73 Å². The molecule has 1 aromatic rings. The molecule has 2 rings (SSSR count). The summed E-state index contributed by atoms with van der Waals surface area (Å²) in [5.74, 6) is 0. The summed E-state index contributed by atoms with van der Waals surface area (Å²) in [4.78, 5) is 9.51. The predicted octanol–water partition coefficient (Wildman–Crippen LogP) is 1.37. The molecule has 112 valence electrons. The zero-order valence-corrected chi connectivity index (χ0v) is 12.7. The normalized spacial score (nSPS) is 19.1. The number of rotatable bonds is 7. The fraction of sp³-hybridized carbons (Fsp3) is 0.688. The molecule has 20 heavy (non-hydrogen) atoms. The molecule has 1 aliphatic rings. The number of pyridine rings is 1. The Hall–Kier alpha value is -0.970. The second kappa shape index (κ2) is 8.35. The minimum absolute atomic E-state index is 0.581. The highest BCUT2D eigenvalue weighted by molar-refractivity contribution is 5.03. The van der Waals surface area contributed by atoms with E-state index in [1.165, 1.54) is 18.5 Å². The molecule has 0 saturated carbocycles. The van der Waals surface area contributed by atoms with E-state index in [0.29, 0.717) is 6.04 Å². The van der Waals surface area contributed by atoms with Gasteiger partial charge < -0.3 is 10.6 Å². The summed E-state index contributed by atoms with van der Waals surface area (Å²) in [5.41, 5.74) is 7.09. The van der Waals surface area contributed by atoms with Gasteiger partial charge in [-0.2, -0.15) is 0 Å². The molecule has 1 unspecified atom stereocenters. The maximum absolute atomic E-state index is 5.90. The van der Waals surface area contributed by atoms with E-state index in [1.807, 2.05) is 12.3 Å². The third kappa shape index (κ3) is 4.54. The van der Waals surface area contributed by atoms with Gasteiger partial charge in [0.1, 0.15) is 0 Å². The van der Waals surface area contributed by atoms with Crippen LogP contribution in [0.5, 0.6) is 0 Å². The van der Waals surface area contributed by atoms with Crippen molar-refractivity contribution in [3.63, 3.8) is 0 Å². The van der Waals surface area contributed by atoms with Gasteiger partial charge in [-0.3, -0.25) is 9.88 Å². The van der Waals surface area contributed by atoms with Crippen molar-refractivity contribution in [2.75, 3.05) is 39.3 Å². The van der Waals surface area contributed by atoms with Crippen molar-refractivity contribution in [3.05, 3.63) is 30.1 Å². The standard InChI is InChI=1S/C16H28N4/c1-2-5-16(14-17)20-12-10-19(11-13-20)9-7-15-6-3-4-8-18-15/h3-4,6,8,16H,2,5,7,9-14,17H2,1H3. The minimum Gasteiger partial charge on any atom is -0.329 e. The summed E-state index contributed by atoms with van der Waals surface area (Å²) in [6.07, 6.45) is 5.38. The Kier molecular flexibility index (Phi) is 6.43. The number of hydrogen-bond acceptors (Lipinski definition) is 4. The van der Waals surface area contributed by atoms with Crippen molar-refractivity contribution < 1.29 is 0 Å². The molecule has 4 nitrogen and oxygen atoms in total. The minimum atomic E-state index is 0.581. The first-order chi connectivity index (χ1) is 9.83. The van der Waals surface area contributed by atoms with Gasteiger partial charge in [0, 0.05) is 63.6 Å². The van der Waals surface area contributed by atoms with Gasteiger partial charge in [0.15, 0.2) is 0 Å². The van der Waals surface area contributed by atoms with Gasteiger partial charge >= 0.3 is 0 Å². The fourth-order valence-corrected chi connectivity index (χ4v) is 2.95. The van der Waals surface area contributed by atoms with Crippen LogP contribution in [0.15, 0.2) is 24.4 Å². The highest BCUT2D eigenvalue weighted by Gasteiger charge is 2.22. The van der Waals surface area contributed by atoms with Crippen LogP contribution in [0.4, 0.5) is 0 Å².